The molecule has 1 heterocycles. The summed E-state index contributed by atoms with van der Waals surface area (Å²) in [7, 11) is 1.58. The Morgan fingerprint density at radius 2 is 1.75 bits per heavy atom. The van der Waals surface area contributed by atoms with Crippen LogP contribution in [0.2, 0.25) is 0 Å². The zero-order valence-corrected chi connectivity index (χ0v) is 18.8. The molecule has 0 spiro atoms. The molecule has 2 aromatic rings. The molecular formula is C26H30N2O4. The van der Waals surface area contributed by atoms with Gasteiger partial charge in [0, 0.05) is 13.1 Å². The Morgan fingerprint density at radius 3 is 2.34 bits per heavy atom. The van der Waals surface area contributed by atoms with Gasteiger partial charge in [-0.1, -0.05) is 62.4 Å². The number of rotatable bonds is 10. The van der Waals surface area contributed by atoms with E-state index in [-0.39, 0.29) is 11.4 Å². The fourth-order valence-electron chi connectivity index (χ4n) is 3.88. The molecule has 0 unspecified atom stereocenters. The molecule has 0 saturated heterocycles. The lowest BCUT2D eigenvalue weighted by atomic mass is 9.95. The fourth-order valence-corrected chi connectivity index (χ4v) is 3.88. The van der Waals surface area contributed by atoms with Crippen molar-refractivity contribution in [2.45, 2.75) is 19.9 Å². The second-order valence-corrected chi connectivity index (χ2v) is 7.57. The zero-order chi connectivity index (χ0) is 23.1. The third-order valence-electron chi connectivity index (χ3n) is 5.78. The van der Waals surface area contributed by atoms with E-state index >= 15 is 0 Å². The van der Waals surface area contributed by atoms with Gasteiger partial charge in [0.1, 0.15) is 5.75 Å². The maximum absolute atomic E-state index is 13.2. The minimum absolute atomic E-state index is 0.104. The molecule has 0 aromatic heterocycles. The number of carbonyl (C=O) groups excluding carboxylic acids is 2. The average Bonchev–Trinajstić information content (AvgIpc) is 3.09. The first kappa shape index (κ1) is 23.3. The molecule has 1 aliphatic heterocycles. The van der Waals surface area contributed by atoms with Crippen molar-refractivity contribution in [3.8, 4) is 5.75 Å². The summed E-state index contributed by atoms with van der Waals surface area (Å²) in [5.41, 5.74) is 1.72. The Morgan fingerprint density at radius 1 is 1.09 bits per heavy atom. The normalized spacial score (nSPS) is 16.4. The summed E-state index contributed by atoms with van der Waals surface area (Å²) in [6, 6.07) is 16.0. The number of ether oxygens (including phenoxy) is 1. The van der Waals surface area contributed by atoms with Crippen molar-refractivity contribution in [3.05, 3.63) is 83.1 Å². The standard InChI is InChI=1S/C26H30N2O4/c1-4-27(5-2)17-18-28-24(20-12-14-21(32-3)15-13-20)23(25(30)26(28)31)22(29)16-11-19-9-7-6-8-10-19/h6-16,24,30H,4-5,17-18H2,1-3H3/b16-11+/t24-/m1/s1. The number of hydrogen-bond acceptors (Lipinski definition) is 5. The summed E-state index contributed by atoms with van der Waals surface area (Å²) >= 11 is 0. The van der Waals surface area contributed by atoms with E-state index in [2.05, 4.69) is 18.7 Å². The first-order valence-electron chi connectivity index (χ1n) is 10.9. The minimum Gasteiger partial charge on any atom is -0.503 e. The summed E-state index contributed by atoms with van der Waals surface area (Å²) in [5, 5.41) is 10.7. The number of ketones is 1. The molecule has 6 nitrogen and oxygen atoms in total. The largest absolute Gasteiger partial charge is 0.503 e. The number of aliphatic hydroxyl groups excluding tert-OH is 1. The number of carbonyl (C=O) groups is 2. The summed E-state index contributed by atoms with van der Waals surface area (Å²) in [5.74, 6) is -0.703. The van der Waals surface area contributed by atoms with Crippen LogP contribution < -0.4 is 4.74 Å². The molecule has 32 heavy (non-hydrogen) atoms. The van der Waals surface area contributed by atoms with Crippen LogP contribution in [-0.2, 0) is 9.59 Å². The Hall–Kier alpha value is -3.38. The predicted octanol–water partition coefficient (Wildman–Crippen LogP) is 4.01. The van der Waals surface area contributed by atoms with E-state index in [0.717, 1.165) is 24.2 Å². The topological polar surface area (TPSA) is 70.1 Å². The van der Waals surface area contributed by atoms with Crippen molar-refractivity contribution in [1.82, 2.24) is 9.80 Å². The lowest BCUT2D eigenvalue weighted by Crippen LogP contribution is -2.38. The Kier molecular flexibility index (Phi) is 7.84. The monoisotopic (exact) mass is 434 g/mol. The Bertz CT molecular complexity index is 992. The van der Waals surface area contributed by atoms with Gasteiger partial charge < -0.3 is 19.6 Å². The second-order valence-electron chi connectivity index (χ2n) is 7.57. The molecule has 2 aromatic carbocycles. The number of amides is 1. The van der Waals surface area contributed by atoms with Gasteiger partial charge in [-0.25, -0.2) is 0 Å². The number of nitrogens with zero attached hydrogens (tertiary/aromatic N) is 2. The lowest BCUT2D eigenvalue weighted by Gasteiger charge is -2.29. The van der Waals surface area contributed by atoms with E-state index in [1.807, 2.05) is 42.5 Å². The van der Waals surface area contributed by atoms with Crippen molar-refractivity contribution < 1.29 is 19.4 Å². The van der Waals surface area contributed by atoms with Crippen molar-refractivity contribution in [2.24, 2.45) is 0 Å². The van der Waals surface area contributed by atoms with Crippen LogP contribution in [0.25, 0.3) is 6.08 Å². The van der Waals surface area contributed by atoms with Gasteiger partial charge >= 0.3 is 0 Å². The molecule has 0 radical (unpaired) electrons. The van der Waals surface area contributed by atoms with E-state index in [9.17, 15) is 14.7 Å². The van der Waals surface area contributed by atoms with Gasteiger partial charge in [0.2, 0.25) is 0 Å². The molecule has 0 saturated carbocycles. The average molecular weight is 435 g/mol. The van der Waals surface area contributed by atoms with Gasteiger partial charge in [-0.3, -0.25) is 9.59 Å². The number of allylic oxidation sites excluding steroid dienone is 1. The Labute approximate surface area is 189 Å². The molecule has 0 fully saturated rings. The first-order valence-corrected chi connectivity index (χ1v) is 10.9. The first-order chi connectivity index (χ1) is 15.5. The summed E-state index contributed by atoms with van der Waals surface area (Å²) in [6.45, 7) is 6.90. The third kappa shape index (κ3) is 5.08. The number of hydrogen-bond donors (Lipinski definition) is 1. The van der Waals surface area contributed by atoms with Gasteiger partial charge in [-0.15, -0.1) is 0 Å². The van der Waals surface area contributed by atoms with Crippen LogP contribution in [0.5, 0.6) is 5.75 Å². The maximum Gasteiger partial charge on any atom is 0.290 e. The zero-order valence-electron chi connectivity index (χ0n) is 18.8. The fraction of sp³-hybridized carbons (Fsp3) is 0.308. The number of methoxy groups -OCH3 is 1. The van der Waals surface area contributed by atoms with E-state index in [1.54, 1.807) is 30.2 Å². The molecule has 0 aliphatic carbocycles. The molecule has 1 amide bonds. The van der Waals surface area contributed by atoms with E-state index < -0.39 is 17.7 Å². The van der Waals surface area contributed by atoms with Crippen LogP contribution in [0.3, 0.4) is 0 Å². The molecule has 6 heteroatoms. The van der Waals surface area contributed by atoms with Crippen LogP contribution in [0.15, 0.2) is 72.0 Å². The van der Waals surface area contributed by atoms with Crippen molar-refractivity contribution in [1.29, 1.82) is 0 Å². The molecule has 168 valence electrons. The minimum atomic E-state index is -0.656. The van der Waals surface area contributed by atoms with Gasteiger partial charge in [0.05, 0.1) is 18.7 Å². The lowest BCUT2D eigenvalue weighted by molar-refractivity contribution is -0.129. The quantitative estimate of drug-likeness (QED) is 0.572. The van der Waals surface area contributed by atoms with Gasteiger partial charge in [0.25, 0.3) is 5.91 Å². The number of benzene rings is 2. The van der Waals surface area contributed by atoms with Gasteiger partial charge in [-0.2, -0.15) is 0 Å². The van der Waals surface area contributed by atoms with E-state index in [1.165, 1.54) is 6.08 Å². The third-order valence-corrected chi connectivity index (χ3v) is 5.78. The highest BCUT2D eigenvalue weighted by Crippen LogP contribution is 2.38. The number of aliphatic hydroxyl groups is 1. The molecule has 0 bridgehead atoms. The van der Waals surface area contributed by atoms with Crippen LogP contribution in [-0.4, -0.2) is 59.9 Å². The van der Waals surface area contributed by atoms with Crippen LogP contribution in [0.1, 0.15) is 31.0 Å². The van der Waals surface area contributed by atoms with Crippen molar-refractivity contribution >= 4 is 17.8 Å². The number of likely N-dealkylation sites (N-methyl/N-ethyl adjacent to an activating group) is 1. The molecular weight excluding hydrogens is 404 g/mol. The maximum atomic E-state index is 13.2. The Balaban J connectivity index is 1.95. The predicted molar refractivity (Wildman–Crippen MR) is 125 cm³/mol. The highest BCUT2D eigenvalue weighted by Gasteiger charge is 2.42. The highest BCUT2D eigenvalue weighted by atomic mass is 16.5. The second kappa shape index (κ2) is 10.8. The molecule has 1 aliphatic rings. The summed E-state index contributed by atoms with van der Waals surface area (Å²) in [6.07, 6.45) is 3.11. The SMILES string of the molecule is CCN(CC)CCN1C(=O)C(O)=C(C(=O)/C=C/c2ccccc2)[C@H]1c1ccc(OC)cc1. The smallest absolute Gasteiger partial charge is 0.290 e. The van der Waals surface area contributed by atoms with Crippen molar-refractivity contribution in [3.63, 3.8) is 0 Å². The summed E-state index contributed by atoms with van der Waals surface area (Å²) in [4.78, 5) is 29.9. The molecule has 1 atom stereocenters. The van der Waals surface area contributed by atoms with Crippen LogP contribution >= 0.6 is 0 Å². The summed E-state index contributed by atoms with van der Waals surface area (Å²) < 4.78 is 5.24. The van der Waals surface area contributed by atoms with E-state index in [0.29, 0.717) is 18.8 Å². The molecule has 3 rings (SSSR count). The van der Waals surface area contributed by atoms with Crippen LogP contribution in [0, 0.1) is 0 Å². The molecule has 1 N–H and O–H groups in total. The van der Waals surface area contributed by atoms with Crippen LogP contribution in [0.4, 0.5) is 0 Å². The van der Waals surface area contributed by atoms with E-state index in [4.69, 9.17) is 4.74 Å². The highest BCUT2D eigenvalue weighted by molar-refractivity contribution is 6.14. The van der Waals surface area contributed by atoms with Gasteiger partial charge in [-0.05, 0) is 42.4 Å². The van der Waals surface area contributed by atoms with Gasteiger partial charge in [0.15, 0.2) is 11.5 Å². The van der Waals surface area contributed by atoms with Crippen molar-refractivity contribution in [2.75, 3.05) is 33.3 Å².